The lowest BCUT2D eigenvalue weighted by Crippen LogP contribution is -2.06. The number of ether oxygens (including phenoxy) is 1. The van der Waals surface area contributed by atoms with Gasteiger partial charge >= 0.3 is 5.97 Å². The van der Waals surface area contributed by atoms with Gasteiger partial charge in [0, 0.05) is 25.5 Å². The van der Waals surface area contributed by atoms with Gasteiger partial charge in [-0.2, -0.15) is 0 Å². The molecule has 14 heavy (non-hydrogen) atoms. The summed E-state index contributed by atoms with van der Waals surface area (Å²) in [5.74, 6) is -0.865. The van der Waals surface area contributed by atoms with E-state index in [0.717, 1.165) is 11.3 Å². The molecule has 0 saturated carbocycles. The average Bonchev–Trinajstić information content (AvgIpc) is 2.38. The van der Waals surface area contributed by atoms with E-state index in [0.29, 0.717) is 18.7 Å². The number of nitrogens with zero attached hydrogens (tertiary/aromatic N) is 1. The molecule has 0 unspecified atom stereocenters. The second kappa shape index (κ2) is 4.28. The number of rotatable bonds is 4. The second-order valence-electron chi connectivity index (χ2n) is 3.26. The summed E-state index contributed by atoms with van der Waals surface area (Å²) in [5.41, 5.74) is 1.99. The fraction of sp³-hybridized carbons (Fsp3) is 0.500. The third-order valence-electron chi connectivity index (χ3n) is 2.29. The zero-order valence-electron chi connectivity index (χ0n) is 8.70. The van der Waals surface area contributed by atoms with Crippen LogP contribution < -0.4 is 0 Å². The van der Waals surface area contributed by atoms with Crippen LogP contribution in [-0.4, -0.2) is 29.4 Å². The van der Waals surface area contributed by atoms with Crippen molar-refractivity contribution >= 4 is 5.97 Å². The Hall–Kier alpha value is -1.29. The summed E-state index contributed by atoms with van der Waals surface area (Å²) in [7, 11) is 1.63. The first-order valence-corrected chi connectivity index (χ1v) is 4.46. The Balaban J connectivity index is 2.98. The van der Waals surface area contributed by atoms with E-state index < -0.39 is 5.97 Å². The molecule has 0 aliphatic carbocycles. The summed E-state index contributed by atoms with van der Waals surface area (Å²) in [6, 6.07) is 0. The molecule has 4 nitrogen and oxygen atoms in total. The highest BCUT2D eigenvalue weighted by atomic mass is 16.5. The van der Waals surface area contributed by atoms with Gasteiger partial charge in [0.15, 0.2) is 0 Å². The molecule has 1 aromatic rings. The van der Waals surface area contributed by atoms with Crippen LogP contribution in [0.25, 0.3) is 0 Å². The molecule has 4 heteroatoms. The van der Waals surface area contributed by atoms with Crippen LogP contribution in [0, 0.1) is 13.8 Å². The lowest BCUT2D eigenvalue weighted by molar-refractivity contribution is 0.0695. The van der Waals surface area contributed by atoms with Crippen molar-refractivity contribution < 1.29 is 14.6 Å². The average molecular weight is 197 g/mol. The van der Waals surface area contributed by atoms with Gasteiger partial charge < -0.3 is 14.4 Å². The van der Waals surface area contributed by atoms with Gasteiger partial charge in [-0.15, -0.1) is 0 Å². The predicted molar refractivity (Wildman–Crippen MR) is 52.7 cm³/mol. The minimum absolute atomic E-state index is 0.404. The number of hydrogen-bond donors (Lipinski definition) is 1. The van der Waals surface area contributed by atoms with Crippen LogP contribution in [0.2, 0.25) is 0 Å². The monoisotopic (exact) mass is 197 g/mol. The molecule has 1 heterocycles. The lowest BCUT2D eigenvalue weighted by Gasteiger charge is -2.04. The Kier molecular flexibility index (Phi) is 3.30. The van der Waals surface area contributed by atoms with Gasteiger partial charge in [-0.3, -0.25) is 0 Å². The first-order chi connectivity index (χ1) is 6.57. The van der Waals surface area contributed by atoms with Crippen LogP contribution in [-0.2, 0) is 11.3 Å². The first kappa shape index (κ1) is 10.8. The van der Waals surface area contributed by atoms with Crippen molar-refractivity contribution in [2.75, 3.05) is 13.7 Å². The highest BCUT2D eigenvalue weighted by molar-refractivity contribution is 5.90. The fourth-order valence-corrected chi connectivity index (χ4v) is 1.57. The zero-order valence-corrected chi connectivity index (χ0v) is 8.70. The summed E-state index contributed by atoms with van der Waals surface area (Å²) in [4.78, 5) is 10.9. The molecule has 1 aromatic heterocycles. The molecule has 0 saturated heterocycles. The third-order valence-corrected chi connectivity index (χ3v) is 2.29. The Bertz CT molecular complexity index is 341. The largest absolute Gasteiger partial charge is 0.478 e. The van der Waals surface area contributed by atoms with E-state index in [1.807, 2.05) is 17.7 Å². The molecule has 0 spiro atoms. The molecule has 1 rings (SSSR count). The highest BCUT2D eigenvalue weighted by Crippen LogP contribution is 2.15. The van der Waals surface area contributed by atoms with E-state index in [4.69, 9.17) is 9.84 Å². The molecule has 0 amide bonds. The van der Waals surface area contributed by atoms with Crippen molar-refractivity contribution in [3.8, 4) is 0 Å². The third kappa shape index (κ3) is 1.96. The van der Waals surface area contributed by atoms with Crippen LogP contribution in [0.3, 0.4) is 0 Å². The smallest absolute Gasteiger partial charge is 0.337 e. The van der Waals surface area contributed by atoms with Crippen molar-refractivity contribution in [2.45, 2.75) is 20.4 Å². The number of hydrogen-bond acceptors (Lipinski definition) is 2. The van der Waals surface area contributed by atoms with Gasteiger partial charge in [-0.1, -0.05) is 0 Å². The van der Waals surface area contributed by atoms with Gasteiger partial charge in [0.1, 0.15) is 0 Å². The van der Waals surface area contributed by atoms with Crippen LogP contribution in [0.4, 0.5) is 0 Å². The number of methoxy groups -OCH3 is 1. The van der Waals surface area contributed by atoms with E-state index in [9.17, 15) is 4.79 Å². The molecule has 78 valence electrons. The van der Waals surface area contributed by atoms with Crippen molar-refractivity contribution in [1.82, 2.24) is 4.57 Å². The molecule has 0 aromatic carbocycles. The van der Waals surface area contributed by atoms with Crippen LogP contribution in [0.1, 0.15) is 21.6 Å². The Morgan fingerprint density at radius 1 is 1.57 bits per heavy atom. The van der Waals surface area contributed by atoms with Crippen molar-refractivity contribution in [1.29, 1.82) is 0 Å². The van der Waals surface area contributed by atoms with Crippen molar-refractivity contribution in [2.24, 2.45) is 0 Å². The van der Waals surface area contributed by atoms with Gasteiger partial charge in [0.05, 0.1) is 12.2 Å². The van der Waals surface area contributed by atoms with Gasteiger partial charge in [-0.25, -0.2) is 4.79 Å². The molecule has 0 atom stereocenters. The Morgan fingerprint density at radius 2 is 2.21 bits per heavy atom. The Labute approximate surface area is 83.1 Å². The summed E-state index contributed by atoms with van der Waals surface area (Å²) in [6.45, 7) is 4.90. The van der Waals surface area contributed by atoms with Crippen molar-refractivity contribution in [3.05, 3.63) is 23.0 Å². The molecule has 0 aliphatic heterocycles. The van der Waals surface area contributed by atoms with Gasteiger partial charge in [-0.05, 0) is 19.4 Å². The molecular weight excluding hydrogens is 182 g/mol. The predicted octanol–water partition coefficient (Wildman–Crippen LogP) is 1.45. The number of aromatic carboxylic acids is 1. The van der Waals surface area contributed by atoms with E-state index in [-0.39, 0.29) is 0 Å². The molecule has 0 aliphatic rings. The van der Waals surface area contributed by atoms with Crippen LogP contribution in [0.5, 0.6) is 0 Å². The lowest BCUT2D eigenvalue weighted by atomic mass is 10.2. The summed E-state index contributed by atoms with van der Waals surface area (Å²) in [6.07, 6.45) is 1.85. The van der Waals surface area contributed by atoms with Crippen LogP contribution in [0.15, 0.2) is 6.20 Å². The van der Waals surface area contributed by atoms with Crippen molar-refractivity contribution in [3.63, 3.8) is 0 Å². The van der Waals surface area contributed by atoms with E-state index in [1.165, 1.54) is 0 Å². The molecular formula is C10H15NO3. The molecule has 1 N–H and O–H groups in total. The maximum Gasteiger partial charge on any atom is 0.337 e. The van der Waals surface area contributed by atoms with E-state index in [2.05, 4.69) is 0 Å². The SMILES string of the molecule is COCCn1cc(C)c(C(=O)O)c1C. The van der Waals surface area contributed by atoms with E-state index >= 15 is 0 Å². The minimum atomic E-state index is -0.865. The maximum absolute atomic E-state index is 10.9. The molecule has 0 fully saturated rings. The summed E-state index contributed by atoms with van der Waals surface area (Å²) >= 11 is 0. The normalized spacial score (nSPS) is 10.5. The molecule has 0 bridgehead atoms. The van der Waals surface area contributed by atoms with Gasteiger partial charge in [0.25, 0.3) is 0 Å². The Morgan fingerprint density at radius 3 is 2.64 bits per heavy atom. The minimum Gasteiger partial charge on any atom is -0.478 e. The number of aryl methyl sites for hydroxylation is 1. The molecule has 0 radical (unpaired) electrons. The summed E-state index contributed by atoms with van der Waals surface area (Å²) in [5, 5.41) is 8.94. The second-order valence-corrected chi connectivity index (χ2v) is 3.26. The topological polar surface area (TPSA) is 51.5 Å². The fourth-order valence-electron chi connectivity index (χ4n) is 1.57. The number of aromatic nitrogens is 1. The van der Waals surface area contributed by atoms with Gasteiger partial charge in [0.2, 0.25) is 0 Å². The number of carboxylic acid groups (broad SMARTS) is 1. The quantitative estimate of drug-likeness (QED) is 0.794. The maximum atomic E-state index is 10.9. The number of carboxylic acids is 1. The first-order valence-electron chi connectivity index (χ1n) is 4.46. The highest BCUT2D eigenvalue weighted by Gasteiger charge is 2.15. The zero-order chi connectivity index (χ0) is 10.7. The van der Waals surface area contributed by atoms with Crippen LogP contribution >= 0.6 is 0 Å². The number of carbonyl (C=O) groups is 1. The standard InChI is InChI=1S/C10H15NO3/c1-7-6-11(4-5-14-3)8(2)9(7)10(12)13/h6H,4-5H2,1-3H3,(H,12,13). The summed E-state index contributed by atoms with van der Waals surface area (Å²) < 4.78 is 6.85. The van der Waals surface area contributed by atoms with E-state index in [1.54, 1.807) is 14.0 Å².